The second-order valence-corrected chi connectivity index (χ2v) is 21.7. The fraction of sp³-hybridized carbons (Fsp3) is 0.909. The molecule has 5 saturated carbocycles. The second kappa shape index (κ2) is 13.7. The van der Waals surface area contributed by atoms with Crippen LogP contribution in [0.2, 0.25) is 0 Å². The van der Waals surface area contributed by atoms with Crippen molar-refractivity contribution in [2.75, 3.05) is 13.1 Å². The average molecular weight is 741 g/mol. The minimum Gasteiger partial charge on any atom is -0.481 e. The van der Waals surface area contributed by atoms with Crippen LogP contribution in [0.3, 0.4) is 0 Å². The predicted molar refractivity (Wildman–Crippen MR) is 205 cm³/mol. The van der Waals surface area contributed by atoms with Gasteiger partial charge in [0.05, 0.1) is 11.8 Å². The van der Waals surface area contributed by atoms with Crippen LogP contribution < -0.4 is 5.32 Å². The molecule has 1 aliphatic heterocycles. The van der Waals surface area contributed by atoms with Crippen molar-refractivity contribution in [3.8, 4) is 0 Å². The van der Waals surface area contributed by atoms with Crippen LogP contribution in [0.1, 0.15) is 166 Å². The number of esters is 1. The maximum Gasteiger partial charge on any atom is 0.410 e. The predicted octanol–water partition coefficient (Wildman–Crippen LogP) is 9.16. The summed E-state index contributed by atoms with van der Waals surface area (Å²) in [5.74, 6) is 1.08. The van der Waals surface area contributed by atoms with E-state index in [2.05, 4.69) is 39.9 Å². The van der Waals surface area contributed by atoms with Crippen LogP contribution in [-0.4, -0.2) is 64.8 Å². The van der Waals surface area contributed by atoms with Gasteiger partial charge in [-0.1, -0.05) is 41.0 Å². The number of hydrogen-bond donors (Lipinski definition) is 2. The number of fused-ring (bicyclic) bond motifs is 7. The van der Waals surface area contributed by atoms with Crippen molar-refractivity contribution in [1.82, 2.24) is 10.2 Å². The molecular weight excluding hydrogens is 668 g/mol. The number of hydrogen-bond acceptors (Lipinski definition) is 6. The van der Waals surface area contributed by atoms with E-state index < -0.39 is 23.0 Å². The number of carbonyl (C=O) groups is 4. The van der Waals surface area contributed by atoms with E-state index in [9.17, 15) is 24.3 Å². The molecule has 0 radical (unpaired) electrons. The van der Waals surface area contributed by atoms with Crippen LogP contribution in [0.25, 0.3) is 0 Å². The molecule has 53 heavy (non-hydrogen) atoms. The third-order valence-electron chi connectivity index (χ3n) is 16.9. The van der Waals surface area contributed by atoms with Gasteiger partial charge in [0.2, 0.25) is 5.91 Å². The Kier molecular flexibility index (Phi) is 10.4. The summed E-state index contributed by atoms with van der Waals surface area (Å²) in [5, 5.41) is 13.0. The molecule has 5 aliphatic carbocycles. The number of rotatable bonds is 7. The highest BCUT2D eigenvalue weighted by atomic mass is 16.6. The first-order valence-corrected chi connectivity index (χ1v) is 21.2. The van der Waals surface area contributed by atoms with Crippen molar-refractivity contribution in [3.63, 3.8) is 0 Å². The monoisotopic (exact) mass is 741 g/mol. The van der Waals surface area contributed by atoms with Crippen molar-refractivity contribution >= 4 is 23.9 Å². The summed E-state index contributed by atoms with van der Waals surface area (Å²) in [6, 6.07) is 0.107. The summed E-state index contributed by atoms with van der Waals surface area (Å²) in [7, 11) is 0. The quantitative estimate of drug-likeness (QED) is 0.250. The lowest BCUT2D eigenvalue weighted by molar-refractivity contribution is -0.248. The van der Waals surface area contributed by atoms with E-state index in [-0.39, 0.29) is 57.6 Å². The highest BCUT2D eigenvalue weighted by Crippen LogP contribution is 2.77. The summed E-state index contributed by atoms with van der Waals surface area (Å²) in [4.78, 5) is 53.0. The van der Waals surface area contributed by atoms with Crippen LogP contribution in [-0.2, 0) is 23.9 Å². The minimum absolute atomic E-state index is 0.0922. The van der Waals surface area contributed by atoms with Crippen LogP contribution in [0.5, 0.6) is 0 Å². The Labute approximate surface area is 319 Å². The van der Waals surface area contributed by atoms with Gasteiger partial charge in [-0.15, -0.1) is 0 Å². The zero-order valence-electron chi connectivity index (χ0n) is 34.8. The van der Waals surface area contributed by atoms with Gasteiger partial charge in [-0.05, 0) is 157 Å². The maximum atomic E-state index is 13.8. The number of piperidine rings is 1. The van der Waals surface area contributed by atoms with E-state index in [1.54, 1.807) is 18.7 Å². The van der Waals surface area contributed by atoms with E-state index in [0.717, 1.165) is 44.9 Å². The number of aliphatic carboxylic acids is 1. The smallest absolute Gasteiger partial charge is 0.410 e. The summed E-state index contributed by atoms with van der Waals surface area (Å²) >= 11 is 0. The van der Waals surface area contributed by atoms with E-state index in [1.165, 1.54) is 38.5 Å². The Hall–Kier alpha value is -2.32. The fourth-order valence-corrected chi connectivity index (χ4v) is 14.0. The van der Waals surface area contributed by atoms with Gasteiger partial charge in [0, 0.05) is 31.0 Å². The third kappa shape index (κ3) is 7.04. The zero-order chi connectivity index (χ0) is 39.0. The Bertz CT molecular complexity index is 1440. The molecule has 0 bridgehead atoms. The van der Waals surface area contributed by atoms with Crippen molar-refractivity contribution in [2.45, 2.75) is 183 Å². The van der Waals surface area contributed by atoms with E-state index in [1.807, 2.05) is 20.8 Å². The number of carboxylic acids is 1. The van der Waals surface area contributed by atoms with E-state index in [0.29, 0.717) is 43.2 Å². The molecule has 6 aliphatic rings. The zero-order valence-corrected chi connectivity index (χ0v) is 34.8. The highest BCUT2D eigenvalue weighted by Gasteiger charge is 2.70. The standard InChI is InChI=1S/C44H72N2O7/c1-38(2,3)53-37(51)46-24-17-28(18-25-46)45-34(47)26-44-19-11-12-30(44)29-13-14-32-41(8)20-16-33(52-35(48)27-39(4,5)36(49)50)40(6,7)31(41)15-21-43(32,10)42(29,9)22-23-44/h28-33H,11-27H2,1-10H3,(H,45,47)(H,49,50)/t29-,30-,31?,32?,33+,41+,42-,43-,44-/m1/s1. The lowest BCUT2D eigenvalue weighted by Gasteiger charge is -2.72. The molecule has 2 unspecified atom stereocenters. The Morgan fingerprint density at radius 1 is 0.755 bits per heavy atom. The number of carbonyl (C=O) groups excluding carboxylic acids is 3. The van der Waals surface area contributed by atoms with Crippen LogP contribution in [0.15, 0.2) is 0 Å². The normalized spacial score (nSPS) is 39.8. The summed E-state index contributed by atoms with van der Waals surface area (Å²) in [6.07, 6.45) is 14.2. The van der Waals surface area contributed by atoms with Crippen LogP contribution >= 0.6 is 0 Å². The Balaban J connectivity index is 1.11. The van der Waals surface area contributed by atoms with Gasteiger partial charge >= 0.3 is 18.0 Å². The molecule has 2 N–H and O–H groups in total. The third-order valence-corrected chi connectivity index (χ3v) is 16.9. The number of nitrogens with one attached hydrogen (secondary N) is 1. The van der Waals surface area contributed by atoms with E-state index >= 15 is 0 Å². The van der Waals surface area contributed by atoms with Crippen molar-refractivity contribution < 1.29 is 33.8 Å². The number of ether oxygens (including phenoxy) is 2. The molecule has 0 spiro atoms. The van der Waals surface area contributed by atoms with Crippen molar-refractivity contribution in [2.24, 2.45) is 56.2 Å². The van der Waals surface area contributed by atoms with Gasteiger partial charge in [0.25, 0.3) is 0 Å². The average Bonchev–Trinajstić information content (AvgIpc) is 3.45. The summed E-state index contributed by atoms with van der Waals surface area (Å²) in [6.45, 7) is 22.5. The lowest BCUT2D eigenvalue weighted by atomic mass is 9.32. The molecule has 6 rings (SSSR count). The number of likely N-dealkylation sites (tertiary alicyclic amines) is 1. The Morgan fingerprint density at radius 2 is 1.43 bits per heavy atom. The molecule has 1 heterocycles. The van der Waals surface area contributed by atoms with Crippen LogP contribution in [0, 0.1) is 56.2 Å². The first-order valence-electron chi connectivity index (χ1n) is 21.2. The van der Waals surface area contributed by atoms with Gasteiger partial charge in [-0.25, -0.2) is 4.79 Å². The van der Waals surface area contributed by atoms with Crippen molar-refractivity contribution in [3.05, 3.63) is 0 Å². The highest BCUT2D eigenvalue weighted by molar-refractivity contribution is 5.81. The first-order chi connectivity index (χ1) is 24.5. The molecule has 9 nitrogen and oxygen atoms in total. The van der Waals surface area contributed by atoms with Gasteiger partial charge in [-0.2, -0.15) is 0 Å². The SMILES string of the molecule is CC(C)(C)OC(=O)N1CCC(NC(=O)C[C@]23CCC[C@@H]2[C@H]2CCC4[C@@]5(C)CC[C@H](OC(=O)CC(C)(C)C(=O)O)C(C)(C)C5CC[C@@]4(C)[C@]2(C)CC3)CC1. The number of nitrogens with zero attached hydrogens (tertiary/aromatic N) is 1. The van der Waals surface area contributed by atoms with E-state index in [4.69, 9.17) is 9.47 Å². The number of carboxylic acid groups (broad SMARTS) is 1. The molecule has 300 valence electrons. The molecule has 0 aromatic rings. The second-order valence-electron chi connectivity index (χ2n) is 21.7. The molecule has 6 fully saturated rings. The van der Waals surface area contributed by atoms with Crippen molar-refractivity contribution in [1.29, 1.82) is 0 Å². The summed E-state index contributed by atoms with van der Waals surface area (Å²) in [5.41, 5.74) is -1.17. The molecule has 0 aromatic carbocycles. The first kappa shape index (κ1) is 40.3. The molecule has 0 aromatic heterocycles. The largest absolute Gasteiger partial charge is 0.481 e. The maximum absolute atomic E-state index is 13.8. The molecule has 1 saturated heterocycles. The van der Waals surface area contributed by atoms with Crippen LogP contribution in [0.4, 0.5) is 4.79 Å². The van der Waals surface area contributed by atoms with Gasteiger partial charge in [-0.3, -0.25) is 14.4 Å². The fourth-order valence-electron chi connectivity index (χ4n) is 14.0. The Morgan fingerprint density at radius 3 is 2.08 bits per heavy atom. The van der Waals surface area contributed by atoms with Gasteiger partial charge in [0.1, 0.15) is 11.7 Å². The lowest BCUT2D eigenvalue weighted by Crippen LogP contribution is -2.66. The molecule has 9 atom stereocenters. The van der Waals surface area contributed by atoms with Gasteiger partial charge in [0.15, 0.2) is 0 Å². The minimum atomic E-state index is -1.14. The number of amides is 2. The topological polar surface area (TPSA) is 122 Å². The molecule has 9 heteroatoms. The molecule has 2 amide bonds. The summed E-state index contributed by atoms with van der Waals surface area (Å²) < 4.78 is 11.7. The molecular formula is C44H72N2O7. The van der Waals surface area contributed by atoms with Gasteiger partial charge < -0.3 is 24.8 Å².